The van der Waals surface area contributed by atoms with Crippen molar-refractivity contribution < 1.29 is 33.6 Å². The van der Waals surface area contributed by atoms with E-state index in [1.165, 1.54) is 6.92 Å². The highest BCUT2D eigenvalue weighted by atomic mass is 16.7. The largest absolute Gasteiger partial charge is 0.457 e. The Bertz CT molecular complexity index is 310. The molecule has 1 rings (SSSR count). The van der Waals surface area contributed by atoms with Gasteiger partial charge in [-0.2, -0.15) is 0 Å². The Morgan fingerprint density at radius 3 is 2.19 bits per heavy atom. The minimum absolute atomic E-state index is 0.202. The van der Waals surface area contributed by atoms with Crippen LogP contribution in [0.1, 0.15) is 27.7 Å². The summed E-state index contributed by atoms with van der Waals surface area (Å²) in [5, 5.41) is 10.1. The highest BCUT2D eigenvalue weighted by Gasteiger charge is 2.48. The molecule has 0 unspecified atom stereocenters. The van der Waals surface area contributed by atoms with E-state index in [2.05, 4.69) is 0 Å². The van der Waals surface area contributed by atoms with Crippen molar-refractivity contribution >= 4 is 5.97 Å². The minimum Gasteiger partial charge on any atom is -0.457 e. The van der Waals surface area contributed by atoms with Crippen molar-refractivity contribution in [3.63, 3.8) is 0 Å². The third-order valence-electron chi connectivity index (χ3n) is 3.12. The zero-order chi connectivity index (χ0) is 15.8. The van der Waals surface area contributed by atoms with E-state index in [-0.39, 0.29) is 6.61 Å². The molecule has 0 aliphatic carbocycles. The van der Waals surface area contributed by atoms with E-state index in [0.717, 1.165) is 0 Å². The molecule has 0 aromatic heterocycles. The van der Waals surface area contributed by atoms with Crippen LogP contribution in [-0.4, -0.2) is 68.2 Å². The van der Waals surface area contributed by atoms with E-state index in [9.17, 15) is 9.90 Å². The van der Waals surface area contributed by atoms with Crippen molar-refractivity contribution in [3.05, 3.63) is 0 Å². The number of esters is 1. The fraction of sp³-hybridized carbons (Fsp3) is 0.929. The second-order valence-corrected chi connectivity index (χ2v) is 4.64. The molecule has 1 saturated heterocycles. The lowest BCUT2D eigenvalue weighted by Gasteiger charge is -2.43. The summed E-state index contributed by atoms with van der Waals surface area (Å²) < 4.78 is 27.3. The maximum Gasteiger partial charge on any atom is 0.303 e. The Morgan fingerprint density at radius 1 is 1.05 bits per heavy atom. The van der Waals surface area contributed by atoms with Gasteiger partial charge in [0.2, 0.25) is 0 Å². The monoisotopic (exact) mass is 306 g/mol. The first-order chi connectivity index (χ1) is 10.0. The first-order valence-electron chi connectivity index (χ1n) is 7.36. The van der Waals surface area contributed by atoms with Crippen LogP contribution in [0.5, 0.6) is 0 Å². The molecule has 1 fully saturated rings. The number of aliphatic hydroxyl groups excluding tert-OH is 1. The standard InChI is InChI=1S/C14H26O7/c1-5-17-8-10-11(20-9(4)15)12(18-6-2)13(19-7-3)14(16)21-10/h10-14,16H,5-8H2,1-4H3/t10-,11-,12+,13-,14-/m1/s1. The van der Waals surface area contributed by atoms with Gasteiger partial charge in [0.15, 0.2) is 12.4 Å². The SMILES string of the molecule is CCOC[C@H]1O[C@@H](O)[C@H](OCC)[C@@H](OCC)[C@@H]1OC(C)=O. The molecule has 0 spiro atoms. The second kappa shape index (κ2) is 9.32. The minimum atomic E-state index is -1.15. The molecule has 0 aromatic rings. The quantitative estimate of drug-likeness (QED) is 0.653. The van der Waals surface area contributed by atoms with E-state index in [1.807, 2.05) is 20.8 Å². The maximum absolute atomic E-state index is 11.3. The summed E-state index contributed by atoms with van der Waals surface area (Å²) in [4.78, 5) is 11.3. The lowest BCUT2D eigenvalue weighted by molar-refractivity contribution is -0.306. The van der Waals surface area contributed by atoms with Crippen molar-refractivity contribution in [2.24, 2.45) is 0 Å². The molecule has 124 valence electrons. The van der Waals surface area contributed by atoms with Crippen LogP contribution in [0, 0.1) is 0 Å². The molecule has 1 N–H and O–H groups in total. The summed E-state index contributed by atoms with van der Waals surface area (Å²) in [5.74, 6) is -0.443. The molecule has 1 heterocycles. The van der Waals surface area contributed by atoms with E-state index in [0.29, 0.717) is 19.8 Å². The van der Waals surface area contributed by atoms with Crippen molar-refractivity contribution in [2.45, 2.75) is 58.4 Å². The van der Waals surface area contributed by atoms with Crippen LogP contribution < -0.4 is 0 Å². The normalized spacial score (nSPS) is 32.9. The van der Waals surface area contributed by atoms with Crippen LogP contribution in [0.25, 0.3) is 0 Å². The van der Waals surface area contributed by atoms with Crippen molar-refractivity contribution in [2.75, 3.05) is 26.4 Å². The van der Waals surface area contributed by atoms with Crippen LogP contribution in [0.2, 0.25) is 0 Å². The van der Waals surface area contributed by atoms with Gasteiger partial charge in [-0.15, -0.1) is 0 Å². The molecule has 5 atom stereocenters. The summed E-state index contributed by atoms with van der Waals surface area (Å²) in [7, 11) is 0. The maximum atomic E-state index is 11.3. The number of carbonyl (C=O) groups is 1. The molecule has 21 heavy (non-hydrogen) atoms. The Labute approximate surface area is 125 Å². The molecule has 7 nitrogen and oxygen atoms in total. The van der Waals surface area contributed by atoms with Gasteiger partial charge in [-0.3, -0.25) is 4.79 Å². The van der Waals surface area contributed by atoms with Gasteiger partial charge in [-0.05, 0) is 20.8 Å². The van der Waals surface area contributed by atoms with E-state index < -0.39 is 36.7 Å². The summed E-state index contributed by atoms with van der Waals surface area (Å²) in [6.07, 6.45) is -3.75. The zero-order valence-electron chi connectivity index (χ0n) is 13.1. The summed E-state index contributed by atoms with van der Waals surface area (Å²) in [6.45, 7) is 8.29. The first-order valence-corrected chi connectivity index (χ1v) is 7.36. The molecule has 7 heteroatoms. The Hall–Kier alpha value is -0.730. The number of aliphatic hydroxyl groups is 1. The topological polar surface area (TPSA) is 83.5 Å². The number of ether oxygens (including phenoxy) is 5. The smallest absolute Gasteiger partial charge is 0.303 e. The van der Waals surface area contributed by atoms with Crippen LogP contribution >= 0.6 is 0 Å². The molecule has 0 aromatic carbocycles. The number of carbonyl (C=O) groups excluding carboxylic acids is 1. The molecule has 1 aliphatic rings. The third-order valence-corrected chi connectivity index (χ3v) is 3.12. The van der Waals surface area contributed by atoms with E-state index >= 15 is 0 Å². The third kappa shape index (κ3) is 5.19. The lowest BCUT2D eigenvalue weighted by Crippen LogP contribution is -2.61. The Morgan fingerprint density at radius 2 is 1.67 bits per heavy atom. The van der Waals surface area contributed by atoms with Gasteiger partial charge in [0, 0.05) is 26.7 Å². The lowest BCUT2D eigenvalue weighted by atomic mass is 9.98. The van der Waals surface area contributed by atoms with Crippen LogP contribution in [0.15, 0.2) is 0 Å². The van der Waals surface area contributed by atoms with Gasteiger partial charge < -0.3 is 28.8 Å². The van der Waals surface area contributed by atoms with Crippen molar-refractivity contribution in [1.82, 2.24) is 0 Å². The summed E-state index contributed by atoms with van der Waals surface area (Å²) in [6, 6.07) is 0. The molecule has 0 bridgehead atoms. The zero-order valence-corrected chi connectivity index (χ0v) is 13.1. The van der Waals surface area contributed by atoms with Gasteiger partial charge in [0.05, 0.1) is 6.61 Å². The van der Waals surface area contributed by atoms with Crippen LogP contribution in [0.4, 0.5) is 0 Å². The fourth-order valence-electron chi connectivity index (χ4n) is 2.35. The van der Waals surface area contributed by atoms with Gasteiger partial charge in [0.25, 0.3) is 0 Å². The van der Waals surface area contributed by atoms with E-state index in [4.69, 9.17) is 23.7 Å². The Balaban J connectivity index is 2.92. The van der Waals surface area contributed by atoms with Crippen molar-refractivity contribution in [3.8, 4) is 0 Å². The predicted molar refractivity (Wildman–Crippen MR) is 73.8 cm³/mol. The van der Waals surface area contributed by atoms with Crippen LogP contribution in [0.3, 0.4) is 0 Å². The average Bonchev–Trinajstić information content (AvgIpc) is 2.43. The van der Waals surface area contributed by atoms with Gasteiger partial charge in [-0.1, -0.05) is 0 Å². The first kappa shape index (κ1) is 18.3. The molecule has 0 radical (unpaired) electrons. The molecule has 1 aliphatic heterocycles. The predicted octanol–water partition coefficient (Wildman–Crippen LogP) is 0.482. The molecular weight excluding hydrogens is 280 g/mol. The van der Waals surface area contributed by atoms with Gasteiger partial charge >= 0.3 is 5.97 Å². The number of rotatable bonds is 8. The van der Waals surface area contributed by atoms with E-state index in [1.54, 1.807) is 0 Å². The average molecular weight is 306 g/mol. The number of hydrogen-bond donors (Lipinski definition) is 1. The number of hydrogen-bond acceptors (Lipinski definition) is 7. The van der Waals surface area contributed by atoms with Gasteiger partial charge in [-0.25, -0.2) is 0 Å². The highest BCUT2D eigenvalue weighted by molar-refractivity contribution is 5.66. The second-order valence-electron chi connectivity index (χ2n) is 4.64. The molecule has 0 amide bonds. The summed E-state index contributed by atoms with van der Waals surface area (Å²) in [5.41, 5.74) is 0. The van der Waals surface area contributed by atoms with Crippen LogP contribution in [-0.2, 0) is 28.5 Å². The van der Waals surface area contributed by atoms with Crippen molar-refractivity contribution in [1.29, 1.82) is 0 Å². The summed E-state index contributed by atoms with van der Waals surface area (Å²) >= 11 is 0. The fourth-order valence-corrected chi connectivity index (χ4v) is 2.35. The Kier molecular flexibility index (Phi) is 8.13. The molecule has 0 saturated carbocycles. The highest BCUT2D eigenvalue weighted by Crippen LogP contribution is 2.27. The molecular formula is C14H26O7. The van der Waals surface area contributed by atoms with Gasteiger partial charge in [0.1, 0.15) is 18.3 Å².